The summed E-state index contributed by atoms with van der Waals surface area (Å²) in [6.45, 7) is 5.05. The molecule has 0 N–H and O–H groups in total. The maximum absolute atomic E-state index is 13.7. The number of carbonyl (C=O) groups excluding carboxylic acids is 1. The average molecular weight is 398 g/mol. The van der Waals surface area contributed by atoms with E-state index in [1.54, 1.807) is 5.01 Å². The predicted molar refractivity (Wildman–Crippen MR) is 105 cm³/mol. The van der Waals surface area contributed by atoms with Crippen molar-refractivity contribution in [3.05, 3.63) is 59.4 Å². The van der Waals surface area contributed by atoms with Crippen LogP contribution in [0.3, 0.4) is 0 Å². The van der Waals surface area contributed by atoms with Crippen LogP contribution in [0.1, 0.15) is 36.6 Å². The lowest BCUT2D eigenvalue weighted by Crippen LogP contribution is -2.46. The Bertz CT molecular complexity index is 937. The Kier molecular flexibility index (Phi) is 4.31. The molecule has 1 unspecified atom stereocenters. The van der Waals surface area contributed by atoms with Gasteiger partial charge < -0.3 is 4.90 Å². The van der Waals surface area contributed by atoms with Gasteiger partial charge in [-0.2, -0.15) is 0 Å². The second-order valence-corrected chi connectivity index (χ2v) is 8.47. The smallest absolute Gasteiger partial charge is 0.245 e. The zero-order chi connectivity index (χ0) is 20.2. The quantitative estimate of drug-likeness (QED) is 0.777. The number of pyridine rings is 1. The summed E-state index contributed by atoms with van der Waals surface area (Å²) in [5, 5.41) is 3.86. The number of aromatic nitrogens is 1. The van der Waals surface area contributed by atoms with Crippen molar-refractivity contribution in [3.63, 3.8) is 0 Å². The van der Waals surface area contributed by atoms with Crippen LogP contribution in [0.2, 0.25) is 0 Å². The molecule has 4 heterocycles. The van der Waals surface area contributed by atoms with Gasteiger partial charge in [0.2, 0.25) is 5.91 Å². The van der Waals surface area contributed by atoms with Gasteiger partial charge in [0, 0.05) is 49.8 Å². The summed E-state index contributed by atoms with van der Waals surface area (Å²) in [4.78, 5) is 20.1. The largest absolute Gasteiger partial charge is 0.371 e. The highest BCUT2D eigenvalue weighted by Gasteiger charge is 2.56. The Morgan fingerprint density at radius 1 is 1.07 bits per heavy atom. The number of halogens is 2. The van der Waals surface area contributed by atoms with E-state index in [1.807, 2.05) is 19.2 Å². The van der Waals surface area contributed by atoms with Crippen LogP contribution in [0.15, 0.2) is 36.5 Å². The molecule has 0 aliphatic carbocycles. The summed E-state index contributed by atoms with van der Waals surface area (Å²) in [5.41, 5.74) is 2.27. The van der Waals surface area contributed by atoms with Crippen molar-refractivity contribution in [1.29, 1.82) is 0 Å². The molecular weight excluding hydrogens is 374 g/mol. The van der Waals surface area contributed by atoms with Gasteiger partial charge in [0.05, 0.1) is 11.5 Å². The molecule has 1 spiro atoms. The van der Waals surface area contributed by atoms with E-state index in [0.29, 0.717) is 18.5 Å². The molecule has 3 fully saturated rings. The molecule has 1 aromatic carbocycles. The first-order chi connectivity index (χ1) is 13.9. The van der Waals surface area contributed by atoms with Gasteiger partial charge >= 0.3 is 0 Å². The Hall–Kier alpha value is -2.54. The van der Waals surface area contributed by atoms with Gasteiger partial charge in [-0.05, 0) is 56.0 Å². The molecule has 0 bridgehead atoms. The van der Waals surface area contributed by atoms with Crippen molar-refractivity contribution in [1.82, 2.24) is 15.0 Å². The summed E-state index contributed by atoms with van der Waals surface area (Å²) < 4.78 is 27.5. The van der Waals surface area contributed by atoms with E-state index >= 15 is 0 Å². The van der Waals surface area contributed by atoms with Gasteiger partial charge in [0.1, 0.15) is 11.6 Å². The van der Waals surface area contributed by atoms with E-state index in [1.165, 1.54) is 12.1 Å². The lowest BCUT2D eigenvalue weighted by atomic mass is 9.77. The van der Waals surface area contributed by atoms with E-state index in [9.17, 15) is 13.6 Å². The number of benzene rings is 1. The average Bonchev–Trinajstić information content (AvgIpc) is 3.20. The summed E-state index contributed by atoms with van der Waals surface area (Å²) in [5.74, 6) is -1.09. The standard InChI is InChI=1S/C22H24F2N4O/c1-15-10-19(2-6-25-15)26-8-4-22(5-9-26)14-27-7-3-20(28(27)21(22)29)16-11-17(23)13-18(24)12-16/h2,6,10-13,20H,3-5,7-9,14H2,1H3. The Morgan fingerprint density at radius 2 is 1.79 bits per heavy atom. The molecule has 2 aromatic rings. The minimum Gasteiger partial charge on any atom is -0.371 e. The summed E-state index contributed by atoms with van der Waals surface area (Å²) >= 11 is 0. The fourth-order valence-electron chi connectivity index (χ4n) is 5.15. The maximum Gasteiger partial charge on any atom is 0.245 e. The van der Waals surface area contributed by atoms with E-state index < -0.39 is 17.0 Å². The number of nitrogens with zero attached hydrogens (tertiary/aromatic N) is 4. The molecule has 5 rings (SSSR count). The zero-order valence-corrected chi connectivity index (χ0v) is 16.4. The Labute approximate surface area is 168 Å². The van der Waals surface area contributed by atoms with Crippen LogP contribution >= 0.6 is 0 Å². The Balaban J connectivity index is 1.35. The van der Waals surface area contributed by atoms with Crippen LogP contribution in [-0.2, 0) is 4.79 Å². The van der Waals surface area contributed by atoms with E-state index in [-0.39, 0.29) is 11.9 Å². The number of piperidine rings is 1. The van der Waals surface area contributed by atoms with Crippen molar-refractivity contribution in [3.8, 4) is 0 Å². The van der Waals surface area contributed by atoms with Crippen LogP contribution in [0.5, 0.6) is 0 Å². The van der Waals surface area contributed by atoms with Gasteiger partial charge in [-0.25, -0.2) is 13.8 Å². The number of hydrazine groups is 1. The highest BCUT2D eigenvalue weighted by Crippen LogP contribution is 2.47. The normalized spacial score (nSPS) is 23.8. The van der Waals surface area contributed by atoms with Crippen molar-refractivity contribution in [2.45, 2.75) is 32.2 Å². The molecule has 3 saturated heterocycles. The number of fused-ring (bicyclic) bond motifs is 1. The summed E-state index contributed by atoms with van der Waals surface area (Å²) in [6.07, 6.45) is 4.09. The second kappa shape index (κ2) is 6.76. The molecule has 0 saturated carbocycles. The molecule has 29 heavy (non-hydrogen) atoms. The van der Waals surface area contributed by atoms with Crippen LogP contribution in [0.25, 0.3) is 0 Å². The highest BCUT2D eigenvalue weighted by molar-refractivity contribution is 5.85. The van der Waals surface area contributed by atoms with Crippen LogP contribution in [0.4, 0.5) is 14.5 Å². The Morgan fingerprint density at radius 3 is 2.48 bits per heavy atom. The van der Waals surface area contributed by atoms with Gasteiger partial charge in [0.15, 0.2) is 0 Å². The topological polar surface area (TPSA) is 39.7 Å². The van der Waals surface area contributed by atoms with Gasteiger partial charge in [-0.15, -0.1) is 0 Å². The fourth-order valence-corrected chi connectivity index (χ4v) is 5.15. The minimum absolute atomic E-state index is 0.107. The molecule has 7 heteroatoms. The number of hydrogen-bond acceptors (Lipinski definition) is 4. The van der Waals surface area contributed by atoms with Crippen LogP contribution in [0, 0.1) is 24.0 Å². The third-order valence-corrected chi connectivity index (χ3v) is 6.64. The minimum atomic E-state index is -0.597. The molecule has 1 aromatic heterocycles. The van der Waals surface area contributed by atoms with Crippen molar-refractivity contribution < 1.29 is 13.6 Å². The molecular formula is C22H24F2N4O. The third kappa shape index (κ3) is 3.08. The van der Waals surface area contributed by atoms with Gasteiger partial charge in [-0.3, -0.25) is 14.8 Å². The second-order valence-electron chi connectivity index (χ2n) is 8.47. The van der Waals surface area contributed by atoms with Crippen LogP contribution in [-0.4, -0.2) is 47.1 Å². The molecule has 3 aliphatic rings. The molecule has 152 valence electrons. The first kappa shape index (κ1) is 18.5. The first-order valence-corrected chi connectivity index (χ1v) is 10.2. The number of rotatable bonds is 2. The molecule has 5 nitrogen and oxygen atoms in total. The van der Waals surface area contributed by atoms with Crippen LogP contribution < -0.4 is 4.90 Å². The highest BCUT2D eigenvalue weighted by atomic mass is 19.1. The summed E-state index contributed by atoms with van der Waals surface area (Å²) in [6, 6.07) is 7.38. The number of aryl methyl sites for hydroxylation is 1. The lowest BCUT2D eigenvalue weighted by Gasteiger charge is -2.39. The number of hydrogen-bond donors (Lipinski definition) is 0. The van der Waals surface area contributed by atoms with Crippen molar-refractivity contribution >= 4 is 11.6 Å². The number of amides is 1. The van der Waals surface area contributed by atoms with E-state index in [2.05, 4.69) is 21.0 Å². The van der Waals surface area contributed by atoms with Gasteiger partial charge in [0.25, 0.3) is 0 Å². The van der Waals surface area contributed by atoms with Crippen molar-refractivity contribution in [2.24, 2.45) is 5.41 Å². The molecule has 0 radical (unpaired) electrons. The lowest BCUT2D eigenvalue weighted by molar-refractivity contribution is -0.143. The van der Waals surface area contributed by atoms with E-state index in [0.717, 1.165) is 49.9 Å². The first-order valence-electron chi connectivity index (χ1n) is 10.2. The molecule has 1 amide bonds. The van der Waals surface area contributed by atoms with E-state index in [4.69, 9.17) is 0 Å². The molecule has 3 aliphatic heterocycles. The SMILES string of the molecule is Cc1cc(N2CCC3(CC2)CN2CCC(c4cc(F)cc(F)c4)N2C3=O)ccn1. The third-order valence-electron chi connectivity index (χ3n) is 6.64. The van der Waals surface area contributed by atoms with Gasteiger partial charge in [-0.1, -0.05) is 0 Å². The zero-order valence-electron chi connectivity index (χ0n) is 16.4. The predicted octanol–water partition coefficient (Wildman–Crippen LogP) is 3.46. The summed E-state index contributed by atoms with van der Waals surface area (Å²) in [7, 11) is 0. The van der Waals surface area contributed by atoms with Crippen molar-refractivity contribution in [2.75, 3.05) is 31.1 Å². The number of anilines is 1. The monoisotopic (exact) mass is 398 g/mol. The maximum atomic E-state index is 13.7. The number of carbonyl (C=O) groups is 1. The fraction of sp³-hybridized carbons (Fsp3) is 0.455. The molecule has 1 atom stereocenters.